The second-order valence-electron chi connectivity index (χ2n) is 7.35. The van der Waals surface area contributed by atoms with Gasteiger partial charge in [-0.1, -0.05) is 6.42 Å². The minimum Gasteiger partial charge on any atom is -0.352 e. The molecule has 0 aromatic carbocycles. The van der Waals surface area contributed by atoms with Gasteiger partial charge in [-0.05, 0) is 45.1 Å². The van der Waals surface area contributed by atoms with E-state index < -0.39 is 0 Å². The fraction of sp³-hybridized carbons (Fsp3) is 0.882. The summed E-state index contributed by atoms with van der Waals surface area (Å²) in [4.78, 5) is 29.0. The molecule has 3 aliphatic rings. The number of piperazine rings is 1. The fourth-order valence-electron chi connectivity index (χ4n) is 3.92. The van der Waals surface area contributed by atoms with Crippen LogP contribution in [0.15, 0.2) is 0 Å². The molecule has 3 rings (SSSR count). The molecule has 0 radical (unpaired) electrons. The van der Waals surface area contributed by atoms with Crippen molar-refractivity contribution in [3.63, 3.8) is 0 Å². The van der Waals surface area contributed by atoms with E-state index in [1.165, 1.54) is 0 Å². The van der Waals surface area contributed by atoms with Gasteiger partial charge < -0.3 is 16.0 Å². The molecule has 1 heterocycles. The first-order chi connectivity index (χ1) is 11.1. The summed E-state index contributed by atoms with van der Waals surface area (Å²) >= 11 is 0. The average molecular weight is 395 g/mol. The Labute approximate surface area is 163 Å². The number of nitrogens with two attached hydrogens (primary N) is 1. The van der Waals surface area contributed by atoms with Crippen LogP contribution in [0.25, 0.3) is 0 Å². The number of rotatable bonds is 5. The minimum atomic E-state index is -0.101. The van der Waals surface area contributed by atoms with Crippen LogP contribution in [0.2, 0.25) is 0 Å². The van der Waals surface area contributed by atoms with Gasteiger partial charge in [0.25, 0.3) is 0 Å². The molecular formula is C17H32Cl2N4O2. The Morgan fingerprint density at radius 1 is 1.08 bits per heavy atom. The number of carbonyl (C=O) groups excluding carboxylic acids is 2. The van der Waals surface area contributed by atoms with Crippen molar-refractivity contribution < 1.29 is 9.59 Å². The maximum Gasteiger partial charge on any atom is 0.237 e. The molecule has 146 valence electrons. The van der Waals surface area contributed by atoms with Crippen LogP contribution < -0.4 is 11.1 Å². The van der Waals surface area contributed by atoms with Crippen LogP contribution in [0.4, 0.5) is 0 Å². The van der Waals surface area contributed by atoms with Gasteiger partial charge in [-0.2, -0.15) is 0 Å². The Bertz CT molecular complexity index is 454. The van der Waals surface area contributed by atoms with Crippen LogP contribution >= 0.6 is 24.8 Å². The molecule has 2 amide bonds. The Balaban J connectivity index is 0.00000156. The predicted octanol–water partition coefficient (Wildman–Crippen LogP) is 1.02. The first-order valence-electron chi connectivity index (χ1n) is 9.13. The number of amides is 2. The quantitative estimate of drug-likeness (QED) is 0.729. The van der Waals surface area contributed by atoms with Crippen LogP contribution in [0.1, 0.15) is 39.0 Å². The highest BCUT2D eigenvalue weighted by molar-refractivity contribution is 5.85. The van der Waals surface area contributed by atoms with E-state index in [0.29, 0.717) is 18.5 Å². The zero-order chi connectivity index (χ0) is 16.4. The molecule has 0 aromatic heterocycles. The molecule has 1 unspecified atom stereocenters. The lowest BCUT2D eigenvalue weighted by Crippen LogP contribution is -2.56. The zero-order valence-corrected chi connectivity index (χ0v) is 16.6. The second kappa shape index (κ2) is 9.95. The average Bonchev–Trinajstić information content (AvgIpc) is 3.26. The van der Waals surface area contributed by atoms with Crippen LogP contribution in [0.5, 0.6) is 0 Å². The molecule has 2 saturated carbocycles. The Morgan fingerprint density at radius 3 is 2.28 bits per heavy atom. The normalized spacial score (nSPS) is 27.8. The molecule has 0 aromatic rings. The molecule has 3 fully saturated rings. The standard InChI is InChI=1S/C17H30N4O2.2ClH/c1-12(16(22)19-14-5-6-14)20-7-9-21(10-8-20)17(23)15-4-2-3-13(15)11-18;;/h12-15H,2-11,18H2,1H3,(H,19,22);2*1H/t12?,13-,15-;;/m1../s1. The highest BCUT2D eigenvalue weighted by atomic mass is 35.5. The number of halogens is 2. The van der Waals surface area contributed by atoms with E-state index in [-0.39, 0.29) is 48.6 Å². The predicted molar refractivity (Wildman–Crippen MR) is 103 cm³/mol. The molecule has 25 heavy (non-hydrogen) atoms. The second-order valence-corrected chi connectivity index (χ2v) is 7.35. The Hall–Kier alpha value is -0.560. The molecule has 3 N–H and O–H groups in total. The van der Waals surface area contributed by atoms with Crippen molar-refractivity contribution >= 4 is 36.6 Å². The van der Waals surface area contributed by atoms with Crippen LogP contribution in [-0.4, -0.2) is 66.4 Å². The van der Waals surface area contributed by atoms with Gasteiger partial charge in [0, 0.05) is 38.1 Å². The highest BCUT2D eigenvalue weighted by Crippen LogP contribution is 2.32. The van der Waals surface area contributed by atoms with E-state index in [0.717, 1.165) is 58.3 Å². The van der Waals surface area contributed by atoms with E-state index >= 15 is 0 Å². The lowest BCUT2D eigenvalue weighted by atomic mass is 9.94. The van der Waals surface area contributed by atoms with Crippen LogP contribution in [0.3, 0.4) is 0 Å². The van der Waals surface area contributed by atoms with Gasteiger partial charge in [0.15, 0.2) is 0 Å². The highest BCUT2D eigenvalue weighted by Gasteiger charge is 2.36. The van der Waals surface area contributed by atoms with E-state index in [9.17, 15) is 9.59 Å². The summed E-state index contributed by atoms with van der Waals surface area (Å²) in [5, 5.41) is 3.07. The number of hydrogen-bond donors (Lipinski definition) is 2. The first-order valence-corrected chi connectivity index (χ1v) is 9.13. The minimum absolute atomic E-state index is 0. The third-order valence-corrected chi connectivity index (χ3v) is 5.76. The number of carbonyl (C=O) groups is 2. The summed E-state index contributed by atoms with van der Waals surface area (Å²) in [7, 11) is 0. The summed E-state index contributed by atoms with van der Waals surface area (Å²) in [5.41, 5.74) is 5.81. The Morgan fingerprint density at radius 2 is 1.72 bits per heavy atom. The maximum absolute atomic E-state index is 12.7. The fourth-order valence-corrected chi connectivity index (χ4v) is 3.92. The lowest BCUT2D eigenvalue weighted by molar-refractivity contribution is -0.139. The molecule has 1 aliphatic heterocycles. The van der Waals surface area contributed by atoms with Crippen molar-refractivity contribution in [1.29, 1.82) is 0 Å². The summed E-state index contributed by atoms with van der Waals surface area (Å²) < 4.78 is 0. The van der Waals surface area contributed by atoms with Gasteiger partial charge in [-0.25, -0.2) is 0 Å². The van der Waals surface area contributed by atoms with Crippen LogP contribution in [0, 0.1) is 11.8 Å². The molecule has 8 heteroatoms. The van der Waals surface area contributed by atoms with Gasteiger partial charge in [-0.3, -0.25) is 14.5 Å². The lowest BCUT2D eigenvalue weighted by Gasteiger charge is -2.39. The molecule has 3 atom stereocenters. The summed E-state index contributed by atoms with van der Waals surface area (Å²) in [6.45, 7) is 5.61. The summed E-state index contributed by atoms with van der Waals surface area (Å²) in [6.07, 6.45) is 5.43. The number of nitrogens with zero attached hydrogens (tertiary/aromatic N) is 2. The van der Waals surface area contributed by atoms with Crippen molar-refractivity contribution in [2.24, 2.45) is 17.6 Å². The number of nitrogens with one attached hydrogen (secondary N) is 1. The smallest absolute Gasteiger partial charge is 0.237 e. The molecule has 1 saturated heterocycles. The third kappa shape index (κ3) is 5.46. The van der Waals surface area contributed by atoms with E-state index in [1.54, 1.807) is 0 Å². The first kappa shape index (κ1) is 22.5. The van der Waals surface area contributed by atoms with Gasteiger partial charge in [0.1, 0.15) is 0 Å². The van der Waals surface area contributed by atoms with Crippen LogP contribution in [-0.2, 0) is 9.59 Å². The van der Waals surface area contributed by atoms with Gasteiger partial charge >= 0.3 is 0 Å². The SMILES string of the molecule is CC(C(=O)NC1CC1)N1CCN(C(=O)[C@@H]2CCC[C@@H]2CN)CC1.Cl.Cl. The maximum atomic E-state index is 12.7. The van der Waals surface area contributed by atoms with E-state index in [2.05, 4.69) is 10.2 Å². The van der Waals surface area contributed by atoms with Crippen molar-refractivity contribution in [3.05, 3.63) is 0 Å². The monoisotopic (exact) mass is 394 g/mol. The van der Waals surface area contributed by atoms with Crippen molar-refractivity contribution in [2.75, 3.05) is 32.7 Å². The topological polar surface area (TPSA) is 78.7 Å². The Kier molecular flexibility index (Phi) is 8.95. The summed E-state index contributed by atoms with van der Waals surface area (Å²) in [6, 6.07) is 0.305. The van der Waals surface area contributed by atoms with Crippen molar-refractivity contribution in [3.8, 4) is 0 Å². The van der Waals surface area contributed by atoms with Crippen molar-refractivity contribution in [1.82, 2.24) is 15.1 Å². The van der Waals surface area contributed by atoms with Gasteiger partial charge in [0.05, 0.1) is 6.04 Å². The van der Waals surface area contributed by atoms with E-state index in [4.69, 9.17) is 5.73 Å². The van der Waals surface area contributed by atoms with Gasteiger partial charge in [-0.15, -0.1) is 24.8 Å². The van der Waals surface area contributed by atoms with E-state index in [1.807, 2.05) is 11.8 Å². The summed E-state index contributed by atoms with van der Waals surface area (Å²) in [5.74, 6) is 0.907. The van der Waals surface area contributed by atoms with Gasteiger partial charge in [0.2, 0.25) is 11.8 Å². The molecule has 2 aliphatic carbocycles. The third-order valence-electron chi connectivity index (χ3n) is 5.76. The number of hydrogen-bond acceptors (Lipinski definition) is 4. The largest absolute Gasteiger partial charge is 0.352 e. The van der Waals surface area contributed by atoms with Crippen molar-refractivity contribution in [2.45, 2.75) is 51.1 Å². The molecule has 0 spiro atoms. The molecule has 6 nitrogen and oxygen atoms in total. The molecular weight excluding hydrogens is 363 g/mol. The molecule has 0 bridgehead atoms. The zero-order valence-electron chi connectivity index (χ0n) is 15.0.